The fourth-order valence-corrected chi connectivity index (χ4v) is 1.79. The van der Waals surface area contributed by atoms with Crippen molar-refractivity contribution >= 4 is 17.5 Å². The van der Waals surface area contributed by atoms with Crippen LogP contribution in [0.3, 0.4) is 0 Å². The second kappa shape index (κ2) is 5.84. The van der Waals surface area contributed by atoms with Crippen LogP contribution in [-0.2, 0) is 6.42 Å². The van der Waals surface area contributed by atoms with E-state index in [1.807, 2.05) is 6.92 Å². The predicted octanol–water partition coefficient (Wildman–Crippen LogP) is 3.67. The summed E-state index contributed by atoms with van der Waals surface area (Å²) in [5.41, 5.74) is 0.933. The van der Waals surface area contributed by atoms with Crippen LogP contribution in [0, 0.1) is 5.82 Å². The lowest BCUT2D eigenvalue weighted by Gasteiger charge is -2.09. The zero-order valence-electron chi connectivity index (χ0n) is 10.6. The number of rotatable bonds is 4. The Morgan fingerprint density at radius 1 is 1.42 bits per heavy atom. The van der Waals surface area contributed by atoms with Crippen LogP contribution in [0.5, 0.6) is 11.6 Å². The second-order valence-corrected chi connectivity index (χ2v) is 4.21. The molecule has 1 N–H and O–H groups in total. The summed E-state index contributed by atoms with van der Waals surface area (Å²) >= 11 is 6.01. The molecule has 1 aromatic carbocycles. The molecule has 4 nitrogen and oxygen atoms in total. The van der Waals surface area contributed by atoms with Crippen molar-refractivity contribution in [2.45, 2.75) is 13.3 Å². The molecule has 1 aromatic heterocycles. The summed E-state index contributed by atoms with van der Waals surface area (Å²) in [5, 5.41) is 3.38. The first-order chi connectivity index (χ1) is 9.13. The van der Waals surface area contributed by atoms with Crippen LogP contribution in [0.2, 0.25) is 5.02 Å². The highest BCUT2D eigenvalue weighted by Gasteiger charge is 2.10. The summed E-state index contributed by atoms with van der Waals surface area (Å²) in [6, 6.07) is 5.15. The number of anilines is 1. The third-order valence-corrected chi connectivity index (χ3v) is 2.92. The minimum absolute atomic E-state index is 0.122. The number of hydrogen-bond acceptors (Lipinski definition) is 4. The lowest BCUT2D eigenvalue weighted by molar-refractivity contribution is 0.420. The first kappa shape index (κ1) is 13.5. The topological polar surface area (TPSA) is 47.0 Å². The Balaban J connectivity index is 2.30. The standard InChI is InChI=1S/C13H13ClFN3O/c1-3-8-6-9(4-5-10(8)14)19-12-11(15)7-17-13(16-2)18-12/h4-7H,3H2,1-2H3,(H,16,17,18). The molecule has 0 fully saturated rings. The van der Waals surface area contributed by atoms with Gasteiger partial charge in [0.05, 0.1) is 6.20 Å². The van der Waals surface area contributed by atoms with Crippen molar-refractivity contribution in [1.29, 1.82) is 0 Å². The maximum atomic E-state index is 13.5. The van der Waals surface area contributed by atoms with Gasteiger partial charge in [0.25, 0.3) is 5.88 Å². The fraction of sp³-hybridized carbons (Fsp3) is 0.231. The Morgan fingerprint density at radius 2 is 2.21 bits per heavy atom. The van der Waals surface area contributed by atoms with Gasteiger partial charge in [-0.05, 0) is 30.2 Å². The molecule has 0 unspecified atom stereocenters. The average molecular weight is 282 g/mol. The van der Waals surface area contributed by atoms with E-state index in [1.54, 1.807) is 25.2 Å². The van der Waals surface area contributed by atoms with Gasteiger partial charge in [-0.15, -0.1) is 0 Å². The van der Waals surface area contributed by atoms with Gasteiger partial charge in [-0.3, -0.25) is 0 Å². The molecule has 2 aromatic rings. The first-order valence-electron chi connectivity index (χ1n) is 5.80. The molecule has 0 amide bonds. The van der Waals surface area contributed by atoms with Crippen LogP contribution in [0.25, 0.3) is 0 Å². The van der Waals surface area contributed by atoms with E-state index in [4.69, 9.17) is 16.3 Å². The molecule has 2 rings (SSSR count). The van der Waals surface area contributed by atoms with Crippen molar-refractivity contribution in [3.8, 4) is 11.6 Å². The quantitative estimate of drug-likeness (QED) is 0.929. The molecule has 6 heteroatoms. The van der Waals surface area contributed by atoms with Gasteiger partial charge in [0.1, 0.15) is 5.75 Å². The summed E-state index contributed by atoms with van der Waals surface area (Å²) in [7, 11) is 1.65. The first-order valence-corrected chi connectivity index (χ1v) is 6.18. The second-order valence-electron chi connectivity index (χ2n) is 3.81. The van der Waals surface area contributed by atoms with E-state index in [0.717, 1.165) is 18.2 Å². The van der Waals surface area contributed by atoms with Gasteiger partial charge in [-0.1, -0.05) is 18.5 Å². The third-order valence-electron chi connectivity index (χ3n) is 2.55. The Bertz CT molecular complexity index is 592. The summed E-state index contributed by atoms with van der Waals surface area (Å²) in [5.74, 6) is 0.0395. The van der Waals surface area contributed by atoms with Gasteiger partial charge in [0, 0.05) is 12.1 Å². The van der Waals surface area contributed by atoms with Crippen molar-refractivity contribution in [2.75, 3.05) is 12.4 Å². The highest BCUT2D eigenvalue weighted by atomic mass is 35.5. The molecule has 1 heterocycles. The highest BCUT2D eigenvalue weighted by Crippen LogP contribution is 2.27. The van der Waals surface area contributed by atoms with Crippen LogP contribution in [-0.4, -0.2) is 17.0 Å². The fourth-order valence-electron chi connectivity index (χ4n) is 1.54. The van der Waals surface area contributed by atoms with E-state index in [1.165, 1.54) is 0 Å². The van der Waals surface area contributed by atoms with Crippen molar-refractivity contribution in [3.05, 3.63) is 40.8 Å². The van der Waals surface area contributed by atoms with E-state index in [9.17, 15) is 4.39 Å². The van der Waals surface area contributed by atoms with Gasteiger partial charge < -0.3 is 10.1 Å². The van der Waals surface area contributed by atoms with Crippen LogP contribution in [0.4, 0.5) is 10.3 Å². The van der Waals surface area contributed by atoms with Gasteiger partial charge >= 0.3 is 0 Å². The Kier molecular flexibility index (Phi) is 4.16. The maximum absolute atomic E-state index is 13.5. The zero-order valence-corrected chi connectivity index (χ0v) is 11.3. The lowest BCUT2D eigenvalue weighted by atomic mass is 10.1. The molecular formula is C13H13ClFN3O. The van der Waals surface area contributed by atoms with E-state index >= 15 is 0 Å². The summed E-state index contributed by atoms with van der Waals surface area (Å²) < 4.78 is 19.0. The zero-order chi connectivity index (χ0) is 13.8. The SMILES string of the molecule is CCc1cc(Oc2nc(NC)ncc2F)ccc1Cl. The van der Waals surface area contributed by atoms with Gasteiger partial charge in [0.15, 0.2) is 0 Å². The molecule has 0 aliphatic rings. The molecule has 0 aliphatic carbocycles. The molecule has 0 aliphatic heterocycles. The van der Waals surface area contributed by atoms with Crippen molar-refractivity contribution in [2.24, 2.45) is 0 Å². The number of ether oxygens (including phenoxy) is 1. The number of nitrogens with zero attached hydrogens (tertiary/aromatic N) is 2. The third kappa shape index (κ3) is 3.12. The molecule has 0 radical (unpaired) electrons. The molecule has 0 saturated carbocycles. The Labute approximate surface area is 115 Å². The smallest absolute Gasteiger partial charge is 0.260 e. The maximum Gasteiger partial charge on any atom is 0.260 e. The van der Waals surface area contributed by atoms with Crippen LogP contribution < -0.4 is 10.1 Å². The number of nitrogens with one attached hydrogen (secondary N) is 1. The van der Waals surface area contributed by atoms with Gasteiger partial charge in [0.2, 0.25) is 11.8 Å². The largest absolute Gasteiger partial charge is 0.436 e. The van der Waals surface area contributed by atoms with Crippen LogP contribution in [0.1, 0.15) is 12.5 Å². The molecule has 0 saturated heterocycles. The highest BCUT2D eigenvalue weighted by molar-refractivity contribution is 6.31. The molecule has 0 spiro atoms. The average Bonchev–Trinajstić information content (AvgIpc) is 2.43. The summed E-state index contributed by atoms with van der Waals surface area (Å²) in [6.07, 6.45) is 1.83. The summed E-state index contributed by atoms with van der Waals surface area (Å²) in [6.45, 7) is 1.98. The van der Waals surface area contributed by atoms with Gasteiger partial charge in [-0.2, -0.15) is 9.37 Å². The predicted molar refractivity (Wildman–Crippen MR) is 72.4 cm³/mol. The number of hydrogen-bond donors (Lipinski definition) is 1. The Morgan fingerprint density at radius 3 is 2.89 bits per heavy atom. The monoisotopic (exact) mass is 281 g/mol. The Hall–Kier alpha value is -1.88. The normalized spacial score (nSPS) is 10.3. The van der Waals surface area contributed by atoms with E-state index < -0.39 is 5.82 Å². The number of aromatic nitrogens is 2. The van der Waals surface area contributed by atoms with E-state index in [2.05, 4.69) is 15.3 Å². The minimum Gasteiger partial charge on any atom is -0.436 e. The lowest BCUT2D eigenvalue weighted by Crippen LogP contribution is -2.00. The van der Waals surface area contributed by atoms with Crippen molar-refractivity contribution in [1.82, 2.24) is 9.97 Å². The number of aryl methyl sites for hydroxylation is 1. The molecule has 100 valence electrons. The van der Waals surface area contributed by atoms with Crippen molar-refractivity contribution in [3.63, 3.8) is 0 Å². The summed E-state index contributed by atoms with van der Waals surface area (Å²) in [4.78, 5) is 7.66. The minimum atomic E-state index is -0.619. The molecule has 0 bridgehead atoms. The van der Waals surface area contributed by atoms with E-state index in [-0.39, 0.29) is 5.88 Å². The molecule has 0 atom stereocenters. The van der Waals surface area contributed by atoms with Crippen LogP contribution in [0.15, 0.2) is 24.4 Å². The van der Waals surface area contributed by atoms with Gasteiger partial charge in [-0.25, -0.2) is 4.98 Å². The van der Waals surface area contributed by atoms with Crippen LogP contribution >= 0.6 is 11.6 Å². The number of benzene rings is 1. The number of halogens is 2. The molecular weight excluding hydrogens is 269 g/mol. The van der Waals surface area contributed by atoms with E-state index in [0.29, 0.717) is 16.7 Å². The van der Waals surface area contributed by atoms with Crippen molar-refractivity contribution < 1.29 is 9.13 Å². The molecule has 19 heavy (non-hydrogen) atoms.